The quantitative estimate of drug-likeness (QED) is 0.170. The monoisotopic (exact) mass is 533 g/mol. The van der Waals surface area contributed by atoms with Crippen LogP contribution in [-0.4, -0.2) is 103 Å². The number of allylic oxidation sites excluding steroid dienone is 1. The molecule has 4 rings (SSSR count). The lowest BCUT2D eigenvalue weighted by Gasteiger charge is -2.42. The molecular weight excluding hydrogens is 504 g/mol. The standard InChI is InChI=1S/C26H29O12/c1-26(34)12-35-25(23(26)33)38-22-21(32)20(31)19(11-27)37-24(22)36-15-6-2-13(3-7-15)4-9-17(29)16-8-5-14(28)10-18(16)30/h2-10,19-25,27-28,30-34H,1,11-12H2/b9-4+/t19-,20-,21+,22-,23-,24-,25-,26-/m1/s1. The van der Waals surface area contributed by atoms with E-state index in [0.29, 0.717) is 5.56 Å². The van der Waals surface area contributed by atoms with Crippen molar-refractivity contribution in [3.05, 3.63) is 66.6 Å². The van der Waals surface area contributed by atoms with Crippen LogP contribution >= 0.6 is 0 Å². The van der Waals surface area contributed by atoms with E-state index >= 15 is 0 Å². The lowest BCUT2D eigenvalue weighted by molar-refractivity contribution is -0.318. The first kappa shape index (κ1) is 28.0. The highest BCUT2D eigenvalue weighted by molar-refractivity contribution is 6.08. The highest BCUT2D eigenvalue weighted by Gasteiger charge is 2.52. The fourth-order valence-electron chi connectivity index (χ4n) is 4.00. The SMILES string of the molecule is [CH2][C@@]1(O)CO[C@H](O[C@H]2[C@H](Oc3ccc(/C=C/C(=O)c4ccc(O)cc4O)cc3)O[C@H](CO)[C@@H](O)[C@@H]2O)[C@H]1O. The molecule has 1 radical (unpaired) electrons. The number of hydrogen-bond acceptors (Lipinski definition) is 12. The number of benzene rings is 2. The maximum Gasteiger partial charge on any atom is 0.229 e. The van der Waals surface area contributed by atoms with Crippen molar-refractivity contribution in [1.29, 1.82) is 0 Å². The van der Waals surface area contributed by atoms with E-state index in [-0.39, 0.29) is 29.4 Å². The van der Waals surface area contributed by atoms with Crippen molar-refractivity contribution < 1.29 is 59.5 Å². The van der Waals surface area contributed by atoms with Crippen LogP contribution in [0.4, 0.5) is 0 Å². The maximum atomic E-state index is 12.3. The summed E-state index contributed by atoms with van der Waals surface area (Å²) in [4.78, 5) is 12.3. The summed E-state index contributed by atoms with van der Waals surface area (Å²) in [5.41, 5.74) is -1.21. The van der Waals surface area contributed by atoms with Gasteiger partial charge in [0.05, 0.1) is 18.8 Å². The highest BCUT2D eigenvalue weighted by Crippen LogP contribution is 2.32. The molecule has 0 bridgehead atoms. The van der Waals surface area contributed by atoms with E-state index in [2.05, 4.69) is 6.92 Å². The van der Waals surface area contributed by atoms with Crippen LogP contribution in [0, 0.1) is 6.92 Å². The van der Waals surface area contributed by atoms with Crippen LogP contribution in [0.15, 0.2) is 48.5 Å². The Hall–Kier alpha value is -3.07. The number of phenols is 2. The Morgan fingerprint density at radius 3 is 2.39 bits per heavy atom. The van der Waals surface area contributed by atoms with Gasteiger partial charge in [-0.3, -0.25) is 4.79 Å². The summed E-state index contributed by atoms with van der Waals surface area (Å²) >= 11 is 0. The molecule has 12 nitrogen and oxygen atoms in total. The molecule has 2 aliphatic rings. The largest absolute Gasteiger partial charge is 0.508 e. The van der Waals surface area contributed by atoms with Crippen LogP contribution in [-0.2, 0) is 14.2 Å². The molecule has 2 aromatic rings. The van der Waals surface area contributed by atoms with Gasteiger partial charge in [-0.25, -0.2) is 0 Å². The predicted molar refractivity (Wildman–Crippen MR) is 129 cm³/mol. The van der Waals surface area contributed by atoms with Gasteiger partial charge in [0, 0.05) is 6.07 Å². The summed E-state index contributed by atoms with van der Waals surface area (Å²) in [5.74, 6) is -0.760. The number of carbonyl (C=O) groups is 1. The number of aliphatic hydroxyl groups excluding tert-OH is 4. The third-order valence-corrected chi connectivity index (χ3v) is 6.23. The molecule has 2 heterocycles. The first-order chi connectivity index (χ1) is 18.0. The van der Waals surface area contributed by atoms with E-state index in [1.165, 1.54) is 36.4 Å². The van der Waals surface area contributed by atoms with E-state index < -0.39 is 61.1 Å². The van der Waals surface area contributed by atoms with Gasteiger partial charge >= 0.3 is 0 Å². The van der Waals surface area contributed by atoms with E-state index in [0.717, 1.165) is 6.07 Å². The molecule has 2 aromatic carbocycles. The van der Waals surface area contributed by atoms with Gasteiger partial charge in [0.15, 0.2) is 18.2 Å². The van der Waals surface area contributed by atoms with Crippen molar-refractivity contribution in [2.75, 3.05) is 13.2 Å². The van der Waals surface area contributed by atoms with Crippen LogP contribution in [0.3, 0.4) is 0 Å². The molecule has 38 heavy (non-hydrogen) atoms. The molecule has 2 aliphatic heterocycles. The molecule has 0 saturated carbocycles. The van der Waals surface area contributed by atoms with Crippen LogP contribution < -0.4 is 4.74 Å². The molecule has 0 aromatic heterocycles. The fourth-order valence-corrected chi connectivity index (χ4v) is 4.00. The van der Waals surface area contributed by atoms with Crippen molar-refractivity contribution in [3.63, 3.8) is 0 Å². The minimum atomic E-state index is -1.83. The van der Waals surface area contributed by atoms with Crippen molar-refractivity contribution in [1.82, 2.24) is 0 Å². The number of aromatic hydroxyl groups is 2. The summed E-state index contributed by atoms with van der Waals surface area (Å²) in [6, 6.07) is 9.93. The summed E-state index contributed by atoms with van der Waals surface area (Å²) in [5, 5.41) is 69.9. The van der Waals surface area contributed by atoms with Gasteiger partial charge < -0.3 is 54.7 Å². The highest BCUT2D eigenvalue weighted by atomic mass is 16.8. The first-order valence-electron chi connectivity index (χ1n) is 11.7. The zero-order chi connectivity index (χ0) is 27.6. The Morgan fingerprint density at radius 2 is 1.79 bits per heavy atom. The Balaban J connectivity index is 1.46. The molecule has 2 fully saturated rings. The summed E-state index contributed by atoms with van der Waals surface area (Å²) in [7, 11) is 0. The Bertz CT molecular complexity index is 1150. The number of ether oxygens (including phenoxy) is 4. The number of phenolic OH excluding ortho intramolecular Hbond substituents is 2. The molecule has 8 atom stereocenters. The van der Waals surface area contributed by atoms with Gasteiger partial charge in [0.1, 0.15) is 47.3 Å². The molecule has 205 valence electrons. The van der Waals surface area contributed by atoms with Gasteiger partial charge in [-0.15, -0.1) is 0 Å². The predicted octanol–water partition coefficient (Wildman–Crippen LogP) is -0.521. The average Bonchev–Trinajstić information content (AvgIpc) is 3.14. The van der Waals surface area contributed by atoms with Crippen LogP contribution in [0.1, 0.15) is 15.9 Å². The van der Waals surface area contributed by atoms with Crippen LogP contribution in [0.5, 0.6) is 17.2 Å². The first-order valence-corrected chi connectivity index (χ1v) is 11.7. The Morgan fingerprint density at radius 1 is 1.08 bits per heavy atom. The second-order valence-corrected chi connectivity index (χ2v) is 9.12. The van der Waals surface area contributed by atoms with Crippen molar-refractivity contribution in [2.45, 2.75) is 48.7 Å². The molecule has 7 N–H and O–H groups in total. The zero-order valence-corrected chi connectivity index (χ0v) is 20.0. The molecule has 12 heteroatoms. The van der Waals surface area contributed by atoms with Crippen molar-refractivity contribution in [2.24, 2.45) is 0 Å². The lowest BCUT2D eigenvalue weighted by atomic mass is 9.98. The average molecular weight is 534 g/mol. The topological polar surface area (TPSA) is 196 Å². The van der Waals surface area contributed by atoms with Crippen molar-refractivity contribution >= 4 is 11.9 Å². The van der Waals surface area contributed by atoms with Crippen LogP contribution in [0.2, 0.25) is 0 Å². The fraction of sp³-hybridized carbons (Fsp3) is 0.385. The maximum absolute atomic E-state index is 12.3. The second kappa shape index (κ2) is 11.4. The van der Waals surface area contributed by atoms with E-state index in [1.807, 2.05) is 0 Å². The summed E-state index contributed by atoms with van der Waals surface area (Å²) < 4.78 is 22.2. The van der Waals surface area contributed by atoms with Gasteiger partial charge in [-0.1, -0.05) is 18.2 Å². The van der Waals surface area contributed by atoms with Crippen molar-refractivity contribution in [3.8, 4) is 17.2 Å². The minimum absolute atomic E-state index is 0.0207. The smallest absolute Gasteiger partial charge is 0.229 e. The number of ketones is 1. The van der Waals surface area contributed by atoms with Gasteiger partial charge in [0.25, 0.3) is 0 Å². The van der Waals surface area contributed by atoms with E-state index in [9.17, 15) is 40.5 Å². The number of hydrogen-bond donors (Lipinski definition) is 7. The molecule has 0 amide bonds. The molecule has 0 aliphatic carbocycles. The van der Waals surface area contributed by atoms with Crippen LogP contribution in [0.25, 0.3) is 6.08 Å². The lowest BCUT2D eigenvalue weighted by Crippen LogP contribution is -2.62. The molecule has 0 unspecified atom stereocenters. The van der Waals surface area contributed by atoms with Gasteiger partial charge in [-0.05, 0) is 42.8 Å². The zero-order valence-electron chi connectivity index (χ0n) is 20.0. The molecular formula is C26H29O12. The van der Waals surface area contributed by atoms with Gasteiger partial charge in [-0.2, -0.15) is 0 Å². The second-order valence-electron chi connectivity index (χ2n) is 9.12. The summed E-state index contributed by atoms with van der Waals surface area (Å²) in [6.45, 7) is 2.48. The molecule has 2 saturated heterocycles. The normalized spacial score (nSPS) is 33.5. The summed E-state index contributed by atoms with van der Waals surface area (Å²) in [6.07, 6.45) is -7.30. The van der Waals surface area contributed by atoms with E-state index in [4.69, 9.17) is 18.9 Å². The minimum Gasteiger partial charge on any atom is -0.508 e. The van der Waals surface area contributed by atoms with E-state index in [1.54, 1.807) is 12.1 Å². The van der Waals surface area contributed by atoms with Gasteiger partial charge in [0.2, 0.25) is 6.29 Å². The number of carbonyl (C=O) groups excluding carboxylic acids is 1. The Kier molecular flexibility index (Phi) is 8.35. The third kappa shape index (κ3) is 5.98. The third-order valence-electron chi connectivity index (χ3n) is 6.23. The number of rotatable bonds is 8. The Labute approximate surface area is 217 Å². The number of aliphatic hydroxyl groups is 5. The molecule has 0 spiro atoms.